The van der Waals surface area contributed by atoms with Crippen LogP contribution >= 0.6 is 0 Å². The highest BCUT2D eigenvalue weighted by atomic mass is 16.5. The molecule has 0 amide bonds. The van der Waals surface area contributed by atoms with Gasteiger partial charge in [0.25, 0.3) is 0 Å². The van der Waals surface area contributed by atoms with Gasteiger partial charge in [-0.3, -0.25) is 0 Å². The summed E-state index contributed by atoms with van der Waals surface area (Å²) in [6.45, 7) is 8.32. The summed E-state index contributed by atoms with van der Waals surface area (Å²) in [5, 5.41) is 3.64. The van der Waals surface area contributed by atoms with Crippen molar-refractivity contribution in [2.45, 2.75) is 52.3 Å². The summed E-state index contributed by atoms with van der Waals surface area (Å²) in [5.41, 5.74) is 1.49. The quantitative estimate of drug-likeness (QED) is 0.829. The van der Waals surface area contributed by atoms with Crippen LogP contribution in [0.2, 0.25) is 0 Å². The fourth-order valence-electron chi connectivity index (χ4n) is 2.84. The molecular formula is C17H27NO2. The summed E-state index contributed by atoms with van der Waals surface area (Å²) in [6.07, 6.45) is 2.51. The molecule has 0 spiro atoms. The van der Waals surface area contributed by atoms with Gasteiger partial charge < -0.3 is 14.8 Å². The molecule has 2 atom stereocenters. The second-order valence-electron chi connectivity index (χ2n) is 6.21. The average molecular weight is 277 g/mol. The number of nitrogens with one attached hydrogen (secondary N) is 1. The first kappa shape index (κ1) is 15.3. The number of benzene rings is 1. The summed E-state index contributed by atoms with van der Waals surface area (Å²) in [6, 6.07) is 8.87. The summed E-state index contributed by atoms with van der Waals surface area (Å²) in [4.78, 5) is 0. The van der Waals surface area contributed by atoms with Crippen molar-refractivity contribution in [2.24, 2.45) is 5.41 Å². The molecule has 2 rings (SSSR count). The Hall–Kier alpha value is -1.06. The highest BCUT2D eigenvalue weighted by molar-refractivity contribution is 5.28. The van der Waals surface area contributed by atoms with Gasteiger partial charge in [-0.1, -0.05) is 32.9 Å². The van der Waals surface area contributed by atoms with Gasteiger partial charge in [0.15, 0.2) is 0 Å². The van der Waals surface area contributed by atoms with Crippen LogP contribution in [0.3, 0.4) is 0 Å². The van der Waals surface area contributed by atoms with E-state index in [1.54, 1.807) is 7.11 Å². The molecule has 1 aromatic rings. The zero-order valence-electron chi connectivity index (χ0n) is 13.1. The second kappa shape index (κ2) is 6.59. The molecule has 1 fully saturated rings. The predicted octanol–water partition coefficient (Wildman–Crippen LogP) is 3.38. The minimum atomic E-state index is 0.213. The van der Waals surface area contributed by atoms with Crippen LogP contribution < -0.4 is 10.1 Å². The van der Waals surface area contributed by atoms with Crippen LogP contribution in [0.5, 0.6) is 5.75 Å². The van der Waals surface area contributed by atoms with Gasteiger partial charge in [-0.05, 0) is 30.5 Å². The van der Waals surface area contributed by atoms with E-state index in [4.69, 9.17) is 9.47 Å². The Morgan fingerprint density at radius 3 is 2.80 bits per heavy atom. The molecule has 20 heavy (non-hydrogen) atoms. The normalized spacial score (nSPS) is 24.2. The fraction of sp³-hybridized carbons (Fsp3) is 0.647. The molecule has 0 radical (unpaired) electrons. The van der Waals surface area contributed by atoms with E-state index in [1.165, 1.54) is 5.56 Å². The van der Waals surface area contributed by atoms with E-state index in [0.717, 1.165) is 31.7 Å². The van der Waals surface area contributed by atoms with E-state index in [-0.39, 0.29) is 5.41 Å². The van der Waals surface area contributed by atoms with Crippen molar-refractivity contribution in [1.29, 1.82) is 0 Å². The molecule has 0 bridgehead atoms. The van der Waals surface area contributed by atoms with Crippen LogP contribution in [0, 0.1) is 5.41 Å². The Bertz CT molecular complexity index is 431. The molecule has 0 aromatic heterocycles. The Morgan fingerprint density at radius 1 is 1.35 bits per heavy atom. The van der Waals surface area contributed by atoms with Gasteiger partial charge in [-0.15, -0.1) is 0 Å². The van der Waals surface area contributed by atoms with Crippen LogP contribution in [0.1, 0.15) is 39.2 Å². The van der Waals surface area contributed by atoms with Gasteiger partial charge in [-0.25, -0.2) is 0 Å². The van der Waals surface area contributed by atoms with E-state index in [0.29, 0.717) is 12.1 Å². The first-order valence-electron chi connectivity index (χ1n) is 7.55. The van der Waals surface area contributed by atoms with Crippen molar-refractivity contribution in [2.75, 3.05) is 13.7 Å². The third-order valence-corrected chi connectivity index (χ3v) is 4.39. The fourth-order valence-corrected chi connectivity index (χ4v) is 2.84. The van der Waals surface area contributed by atoms with Gasteiger partial charge in [0.1, 0.15) is 5.75 Å². The molecule has 0 heterocycles. The predicted molar refractivity (Wildman–Crippen MR) is 82.1 cm³/mol. The first-order valence-corrected chi connectivity index (χ1v) is 7.55. The molecule has 0 aliphatic heterocycles. The van der Waals surface area contributed by atoms with Crippen LogP contribution in [0.15, 0.2) is 24.3 Å². The molecule has 112 valence electrons. The third kappa shape index (κ3) is 3.33. The third-order valence-electron chi connectivity index (χ3n) is 4.39. The molecule has 2 unspecified atom stereocenters. The largest absolute Gasteiger partial charge is 0.494 e. The van der Waals surface area contributed by atoms with Crippen LogP contribution in [-0.4, -0.2) is 25.9 Å². The lowest BCUT2D eigenvalue weighted by atomic mass is 9.64. The molecule has 1 aromatic carbocycles. The molecule has 3 nitrogen and oxygen atoms in total. The standard InChI is InChI=1S/C17H27NO2/c1-5-9-20-14-8-6-7-13(10-14)12-18-15-11-16(19-4)17(15,2)3/h6-8,10,15-16,18H,5,9,11-12H2,1-4H3. The topological polar surface area (TPSA) is 30.5 Å². The second-order valence-corrected chi connectivity index (χ2v) is 6.21. The lowest BCUT2D eigenvalue weighted by molar-refractivity contribution is -0.0979. The number of hydrogen-bond donors (Lipinski definition) is 1. The van der Waals surface area contributed by atoms with Crippen LogP contribution in [0.25, 0.3) is 0 Å². The van der Waals surface area contributed by atoms with Crippen LogP contribution in [0.4, 0.5) is 0 Å². The highest BCUT2D eigenvalue weighted by Gasteiger charge is 2.48. The number of hydrogen-bond acceptors (Lipinski definition) is 3. The molecule has 1 N–H and O–H groups in total. The lowest BCUT2D eigenvalue weighted by Crippen LogP contribution is -2.60. The summed E-state index contributed by atoms with van der Waals surface area (Å²) in [5.74, 6) is 0.966. The zero-order valence-corrected chi connectivity index (χ0v) is 13.1. The maximum absolute atomic E-state index is 5.67. The molecular weight excluding hydrogens is 250 g/mol. The van der Waals surface area contributed by atoms with Crippen molar-refractivity contribution < 1.29 is 9.47 Å². The van der Waals surface area contributed by atoms with E-state index >= 15 is 0 Å². The van der Waals surface area contributed by atoms with Crippen molar-refractivity contribution in [3.63, 3.8) is 0 Å². The minimum absolute atomic E-state index is 0.213. The minimum Gasteiger partial charge on any atom is -0.494 e. The van der Waals surface area contributed by atoms with E-state index in [9.17, 15) is 0 Å². The van der Waals surface area contributed by atoms with Crippen molar-refractivity contribution in [3.05, 3.63) is 29.8 Å². The number of ether oxygens (including phenoxy) is 2. The van der Waals surface area contributed by atoms with E-state index < -0.39 is 0 Å². The number of rotatable bonds is 7. The average Bonchev–Trinajstić information content (AvgIpc) is 2.44. The molecule has 1 aliphatic rings. The summed E-state index contributed by atoms with van der Waals surface area (Å²) in [7, 11) is 1.80. The Morgan fingerprint density at radius 2 is 2.15 bits per heavy atom. The van der Waals surface area contributed by atoms with Crippen molar-refractivity contribution in [1.82, 2.24) is 5.32 Å². The van der Waals surface area contributed by atoms with Gasteiger partial charge in [-0.2, -0.15) is 0 Å². The molecule has 1 aliphatic carbocycles. The first-order chi connectivity index (χ1) is 9.57. The van der Waals surface area contributed by atoms with Crippen LogP contribution in [-0.2, 0) is 11.3 Å². The monoisotopic (exact) mass is 277 g/mol. The van der Waals surface area contributed by atoms with Gasteiger partial charge >= 0.3 is 0 Å². The Labute approximate surface area is 122 Å². The maximum atomic E-state index is 5.67. The molecule has 3 heteroatoms. The number of methoxy groups -OCH3 is 1. The smallest absolute Gasteiger partial charge is 0.119 e. The van der Waals surface area contributed by atoms with Crippen molar-refractivity contribution in [3.8, 4) is 5.75 Å². The van der Waals surface area contributed by atoms with Crippen molar-refractivity contribution >= 4 is 0 Å². The molecule has 1 saturated carbocycles. The highest BCUT2D eigenvalue weighted by Crippen LogP contribution is 2.42. The summed E-state index contributed by atoms with van der Waals surface area (Å²) >= 11 is 0. The van der Waals surface area contributed by atoms with Gasteiger partial charge in [0.2, 0.25) is 0 Å². The summed E-state index contributed by atoms with van der Waals surface area (Å²) < 4.78 is 11.2. The van der Waals surface area contributed by atoms with E-state index in [1.807, 2.05) is 6.07 Å². The van der Waals surface area contributed by atoms with E-state index in [2.05, 4.69) is 44.3 Å². The Balaban J connectivity index is 1.85. The lowest BCUT2D eigenvalue weighted by Gasteiger charge is -2.51. The Kier molecular flexibility index (Phi) is 5.06. The molecule has 0 saturated heterocycles. The van der Waals surface area contributed by atoms with Gasteiger partial charge in [0.05, 0.1) is 12.7 Å². The zero-order chi connectivity index (χ0) is 14.6. The van der Waals surface area contributed by atoms with Gasteiger partial charge in [0, 0.05) is 25.1 Å². The maximum Gasteiger partial charge on any atom is 0.119 e. The SMILES string of the molecule is CCCOc1cccc(CNC2CC(OC)C2(C)C)c1.